The fourth-order valence-corrected chi connectivity index (χ4v) is 3.44. The average molecular weight is 433 g/mol. The van der Waals surface area contributed by atoms with Gasteiger partial charge in [0.15, 0.2) is 5.11 Å². The number of rotatable bonds is 5. The minimum Gasteiger partial charge on any atom is -0.496 e. The first-order chi connectivity index (χ1) is 15.1. The summed E-state index contributed by atoms with van der Waals surface area (Å²) in [6.07, 6.45) is 0. The van der Waals surface area contributed by atoms with Gasteiger partial charge in [-0.05, 0) is 71.5 Å². The Kier molecular flexibility index (Phi) is 5.97. The molecule has 4 aromatic rings. The molecule has 0 saturated heterocycles. The molecule has 0 bridgehead atoms. The van der Waals surface area contributed by atoms with Crippen molar-refractivity contribution in [1.82, 2.24) is 5.32 Å². The highest BCUT2D eigenvalue weighted by Crippen LogP contribution is 2.26. The summed E-state index contributed by atoms with van der Waals surface area (Å²) in [6.45, 7) is -0.143. The maximum absolute atomic E-state index is 12.8. The predicted molar refractivity (Wildman–Crippen MR) is 124 cm³/mol. The molecule has 7 heteroatoms. The Hall–Kier alpha value is -3.68. The zero-order valence-corrected chi connectivity index (χ0v) is 17.5. The Balaban J connectivity index is 1.45. The molecule has 0 saturated carbocycles. The van der Waals surface area contributed by atoms with Gasteiger partial charge < -0.3 is 19.6 Å². The van der Waals surface area contributed by atoms with Gasteiger partial charge in [-0.25, -0.2) is 0 Å². The van der Waals surface area contributed by atoms with E-state index in [9.17, 15) is 4.79 Å². The molecule has 1 heterocycles. The van der Waals surface area contributed by atoms with Gasteiger partial charge in [-0.1, -0.05) is 24.3 Å². The molecule has 4 rings (SSSR count). The normalized spacial score (nSPS) is 10.6. The highest BCUT2D eigenvalue weighted by Gasteiger charge is 2.15. The summed E-state index contributed by atoms with van der Waals surface area (Å²) in [5, 5.41) is 16.9. The molecular formula is C24H20N2O4S. The van der Waals surface area contributed by atoms with Crippen molar-refractivity contribution in [2.24, 2.45) is 0 Å². The Morgan fingerprint density at radius 3 is 2.39 bits per heavy atom. The molecule has 3 N–H and O–H groups in total. The number of amides is 1. The van der Waals surface area contributed by atoms with E-state index in [4.69, 9.17) is 26.5 Å². The first-order valence-corrected chi connectivity index (χ1v) is 9.97. The molecule has 0 fully saturated rings. The van der Waals surface area contributed by atoms with Crippen molar-refractivity contribution in [1.29, 1.82) is 0 Å². The SMILES string of the molecule is COc1cc2ccccc2cc1C(=O)NC(=S)Nc1ccc(-c2ccc(CO)o2)cc1. The van der Waals surface area contributed by atoms with E-state index in [2.05, 4.69) is 10.6 Å². The highest BCUT2D eigenvalue weighted by molar-refractivity contribution is 7.80. The van der Waals surface area contributed by atoms with Crippen LogP contribution in [-0.4, -0.2) is 23.2 Å². The third kappa shape index (κ3) is 4.58. The van der Waals surface area contributed by atoms with E-state index in [0.29, 0.717) is 28.5 Å². The van der Waals surface area contributed by atoms with E-state index in [1.54, 1.807) is 18.2 Å². The monoisotopic (exact) mass is 432 g/mol. The molecule has 0 aliphatic heterocycles. The molecule has 0 spiro atoms. The summed E-state index contributed by atoms with van der Waals surface area (Å²) in [5.41, 5.74) is 1.98. The number of benzene rings is 3. The zero-order chi connectivity index (χ0) is 21.8. The van der Waals surface area contributed by atoms with E-state index in [1.807, 2.05) is 54.6 Å². The molecule has 6 nitrogen and oxygen atoms in total. The predicted octanol–water partition coefficient (Wildman–Crippen LogP) is 4.73. The average Bonchev–Trinajstić information content (AvgIpc) is 3.28. The van der Waals surface area contributed by atoms with E-state index in [1.165, 1.54) is 7.11 Å². The molecule has 1 amide bonds. The lowest BCUT2D eigenvalue weighted by atomic mass is 10.1. The number of thiocarbonyl (C=S) groups is 1. The van der Waals surface area contributed by atoms with Gasteiger partial charge in [0, 0.05) is 11.3 Å². The second-order valence-electron chi connectivity index (χ2n) is 6.81. The van der Waals surface area contributed by atoms with Crippen molar-refractivity contribution in [3.8, 4) is 17.1 Å². The second kappa shape index (κ2) is 8.99. The Morgan fingerprint density at radius 1 is 1.03 bits per heavy atom. The van der Waals surface area contributed by atoms with Crippen LogP contribution in [-0.2, 0) is 6.61 Å². The van der Waals surface area contributed by atoms with Crippen LogP contribution in [0.15, 0.2) is 77.2 Å². The fourth-order valence-electron chi connectivity index (χ4n) is 3.23. The van der Waals surface area contributed by atoms with Crippen LogP contribution in [0.3, 0.4) is 0 Å². The van der Waals surface area contributed by atoms with Crippen molar-refractivity contribution in [3.63, 3.8) is 0 Å². The minimum atomic E-state index is -0.358. The Labute approximate surface area is 184 Å². The number of carbonyl (C=O) groups excluding carboxylic acids is 1. The van der Waals surface area contributed by atoms with Crippen molar-refractivity contribution >= 4 is 39.7 Å². The molecule has 156 valence electrons. The lowest BCUT2D eigenvalue weighted by molar-refractivity contribution is 0.0975. The van der Waals surface area contributed by atoms with E-state index >= 15 is 0 Å². The summed E-state index contributed by atoms with van der Waals surface area (Å²) >= 11 is 5.30. The summed E-state index contributed by atoms with van der Waals surface area (Å²) < 4.78 is 10.9. The molecule has 0 unspecified atom stereocenters. The van der Waals surface area contributed by atoms with Gasteiger partial charge in [-0.3, -0.25) is 10.1 Å². The van der Waals surface area contributed by atoms with Crippen LogP contribution in [0.4, 0.5) is 5.69 Å². The number of carbonyl (C=O) groups is 1. The lowest BCUT2D eigenvalue weighted by Gasteiger charge is -2.13. The van der Waals surface area contributed by atoms with Crippen LogP contribution < -0.4 is 15.4 Å². The third-order valence-corrected chi connectivity index (χ3v) is 4.99. The molecule has 31 heavy (non-hydrogen) atoms. The number of fused-ring (bicyclic) bond motifs is 1. The standard InChI is InChI=1S/C24H20N2O4S/c1-29-22-13-17-5-3-2-4-16(17)12-20(22)23(28)26-24(31)25-18-8-6-15(7-9-18)21-11-10-19(14-27)30-21/h2-13,27H,14H2,1H3,(H2,25,26,28,31). The fraction of sp³-hybridized carbons (Fsp3) is 0.0833. The van der Waals surface area contributed by atoms with Gasteiger partial charge in [0.25, 0.3) is 5.91 Å². The first kappa shape index (κ1) is 20.6. The van der Waals surface area contributed by atoms with Gasteiger partial charge in [-0.2, -0.15) is 0 Å². The molecular weight excluding hydrogens is 412 g/mol. The number of nitrogens with one attached hydrogen (secondary N) is 2. The maximum Gasteiger partial charge on any atom is 0.261 e. The van der Waals surface area contributed by atoms with Crippen LogP contribution in [0.2, 0.25) is 0 Å². The van der Waals surface area contributed by atoms with Crippen LogP contribution in [0.5, 0.6) is 5.75 Å². The van der Waals surface area contributed by atoms with Gasteiger partial charge in [0.1, 0.15) is 23.9 Å². The summed E-state index contributed by atoms with van der Waals surface area (Å²) in [4.78, 5) is 12.8. The van der Waals surface area contributed by atoms with Crippen molar-refractivity contribution in [2.75, 3.05) is 12.4 Å². The molecule has 3 aromatic carbocycles. The first-order valence-electron chi connectivity index (χ1n) is 9.56. The molecule has 0 atom stereocenters. The number of hydrogen-bond acceptors (Lipinski definition) is 5. The van der Waals surface area contributed by atoms with Crippen molar-refractivity contribution < 1.29 is 19.1 Å². The van der Waals surface area contributed by atoms with Crippen LogP contribution in [0.25, 0.3) is 22.1 Å². The number of aliphatic hydroxyl groups excluding tert-OH is 1. The zero-order valence-electron chi connectivity index (χ0n) is 16.7. The lowest BCUT2D eigenvalue weighted by Crippen LogP contribution is -2.34. The van der Waals surface area contributed by atoms with Gasteiger partial charge in [0.05, 0.1) is 12.7 Å². The number of hydrogen-bond donors (Lipinski definition) is 3. The number of methoxy groups -OCH3 is 1. The number of anilines is 1. The summed E-state index contributed by atoms with van der Waals surface area (Å²) in [7, 11) is 1.53. The van der Waals surface area contributed by atoms with Crippen LogP contribution in [0, 0.1) is 0 Å². The number of aliphatic hydroxyl groups is 1. The van der Waals surface area contributed by atoms with Gasteiger partial charge in [0.2, 0.25) is 0 Å². The second-order valence-corrected chi connectivity index (χ2v) is 7.22. The smallest absolute Gasteiger partial charge is 0.261 e. The molecule has 1 aromatic heterocycles. The van der Waals surface area contributed by atoms with E-state index < -0.39 is 0 Å². The molecule has 0 aliphatic carbocycles. The maximum atomic E-state index is 12.8. The topological polar surface area (TPSA) is 83.7 Å². The van der Waals surface area contributed by atoms with Crippen LogP contribution >= 0.6 is 12.2 Å². The van der Waals surface area contributed by atoms with Crippen LogP contribution in [0.1, 0.15) is 16.1 Å². The summed E-state index contributed by atoms with van der Waals surface area (Å²) in [5.74, 6) is 1.29. The van der Waals surface area contributed by atoms with Gasteiger partial charge >= 0.3 is 0 Å². The van der Waals surface area contributed by atoms with Crippen molar-refractivity contribution in [2.45, 2.75) is 6.61 Å². The largest absolute Gasteiger partial charge is 0.496 e. The Morgan fingerprint density at radius 2 is 1.74 bits per heavy atom. The summed E-state index contributed by atoms with van der Waals surface area (Å²) in [6, 6.07) is 22.3. The minimum absolute atomic E-state index is 0.143. The van der Waals surface area contributed by atoms with E-state index in [0.717, 1.165) is 16.3 Å². The third-order valence-electron chi connectivity index (χ3n) is 4.78. The molecule has 0 aliphatic rings. The quantitative estimate of drug-likeness (QED) is 0.396. The Bertz CT molecular complexity index is 1250. The van der Waals surface area contributed by atoms with Crippen molar-refractivity contribution in [3.05, 3.63) is 84.1 Å². The molecule has 0 radical (unpaired) electrons. The highest BCUT2D eigenvalue weighted by atomic mass is 32.1. The number of furan rings is 1. The van der Waals surface area contributed by atoms with E-state index in [-0.39, 0.29) is 17.6 Å². The van der Waals surface area contributed by atoms with Gasteiger partial charge in [-0.15, -0.1) is 0 Å². The number of ether oxygens (including phenoxy) is 1.